The van der Waals surface area contributed by atoms with Crippen LogP contribution in [0.3, 0.4) is 0 Å². The van der Waals surface area contributed by atoms with E-state index in [0.29, 0.717) is 0 Å². The van der Waals surface area contributed by atoms with Crippen molar-refractivity contribution in [1.29, 1.82) is 0 Å². The third-order valence-electron chi connectivity index (χ3n) is 2.44. The van der Waals surface area contributed by atoms with Gasteiger partial charge in [0, 0.05) is 12.5 Å². The van der Waals surface area contributed by atoms with Gasteiger partial charge >= 0.3 is 0 Å². The third kappa shape index (κ3) is 1.68. The Morgan fingerprint density at radius 3 is 2.07 bits per heavy atom. The Morgan fingerprint density at radius 1 is 1.14 bits per heavy atom. The molecule has 3 heteroatoms. The van der Waals surface area contributed by atoms with E-state index in [1.807, 2.05) is 18.2 Å². The first kappa shape index (κ1) is 9.34. The van der Waals surface area contributed by atoms with E-state index < -0.39 is 0 Å². The Bertz CT molecular complexity index is 296. The maximum atomic E-state index is 5.40. The Labute approximate surface area is 83.6 Å². The van der Waals surface area contributed by atoms with E-state index >= 15 is 0 Å². The monoisotopic (exact) mass is 194 g/mol. The van der Waals surface area contributed by atoms with E-state index in [1.54, 1.807) is 14.2 Å². The Hall–Kier alpha value is -1.22. The highest BCUT2D eigenvalue weighted by atomic mass is 16.5. The molecule has 0 spiro atoms. The van der Waals surface area contributed by atoms with Gasteiger partial charge in [0.1, 0.15) is 11.5 Å². The summed E-state index contributed by atoms with van der Waals surface area (Å²) in [5, 5.41) is 0. The number of ether oxygens (including phenoxy) is 3. The van der Waals surface area contributed by atoms with Gasteiger partial charge in [-0.1, -0.05) is 0 Å². The second-order valence-corrected chi connectivity index (χ2v) is 3.29. The van der Waals surface area contributed by atoms with Crippen molar-refractivity contribution in [3.05, 3.63) is 23.8 Å². The molecule has 1 saturated heterocycles. The number of hydrogen-bond donors (Lipinski definition) is 0. The molecule has 2 rings (SSSR count). The van der Waals surface area contributed by atoms with Gasteiger partial charge in [-0.15, -0.1) is 0 Å². The molecule has 0 radical (unpaired) electrons. The van der Waals surface area contributed by atoms with Crippen LogP contribution in [0.15, 0.2) is 18.2 Å². The quantitative estimate of drug-likeness (QED) is 0.738. The lowest BCUT2D eigenvalue weighted by molar-refractivity contribution is -0.0528. The predicted octanol–water partition coefficient (Wildman–Crippen LogP) is 2.17. The van der Waals surface area contributed by atoms with Gasteiger partial charge in [0.15, 0.2) is 0 Å². The van der Waals surface area contributed by atoms with Crippen molar-refractivity contribution in [2.75, 3.05) is 20.8 Å². The zero-order valence-electron chi connectivity index (χ0n) is 8.45. The van der Waals surface area contributed by atoms with Gasteiger partial charge in [-0.2, -0.15) is 0 Å². The molecular formula is C11H14O3. The highest BCUT2D eigenvalue weighted by Gasteiger charge is 2.21. The molecule has 1 aromatic rings. The molecule has 1 atom stereocenters. The molecule has 0 aliphatic carbocycles. The molecule has 0 bridgehead atoms. The summed E-state index contributed by atoms with van der Waals surface area (Å²) in [4.78, 5) is 0. The molecule has 0 N–H and O–H groups in total. The molecule has 1 aliphatic rings. The van der Waals surface area contributed by atoms with Crippen LogP contribution in [0.4, 0.5) is 0 Å². The first-order valence-corrected chi connectivity index (χ1v) is 4.68. The number of rotatable bonds is 3. The highest BCUT2D eigenvalue weighted by Crippen LogP contribution is 2.34. The largest absolute Gasteiger partial charge is 0.497 e. The molecule has 0 aromatic heterocycles. The Morgan fingerprint density at radius 2 is 1.71 bits per heavy atom. The lowest BCUT2D eigenvalue weighted by atomic mass is 10.0. The lowest BCUT2D eigenvalue weighted by Crippen LogP contribution is -2.18. The zero-order valence-corrected chi connectivity index (χ0v) is 8.45. The van der Waals surface area contributed by atoms with Crippen molar-refractivity contribution in [3.63, 3.8) is 0 Å². The summed E-state index contributed by atoms with van der Waals surface area (Å²) in [6.45, 7) is 0.851. The van der Waals surface area contributed by atoms with Gasteiger partial charge in [0.25, 0.3) is 0 Å². The summed E-state index contributed by atoms with van der Waals surface area (Å²) in [6.07, 6.45) is 1.30. The number of hydrogen-bond acceptors (Lipinski definition) is 3. The van der Waals surface area contributed by atoms with E-state index in [1.165, 1.54) is 0 Å². The molecule has 1 heterocycles. The second-order valence-electron chi connectivity index (χ2n) is 3.29. The molecule has 1 aliphatic heterocycles. The zero-order chi connectivity index (χ0) is 9.97. The maximum Gasteiger partial charge on any atom is 0.122 e. The summed E-state index contributed by atoms with van der Waals surface area (Å²) >= 11 is 0. The minimum Gasteiger partial charge on any atom is -0.497 e. The van der Waals surface area contributed by atoms with Crippen molar-refractivity contribution in [2.24, 2.45) is 0 Å². The molecule has 0 saturated carbocycles. The number of methoxy groups -OCH3 is 2. The smallest absolute Gasteiger partial charge is 0.122 e. The van der Waals surface area contributed by atoms with Crippen LogP contribution in [0.2, 0.25) is 0 Å². The van der Waals surface area contributed by atoms with Crippen LogP contribution >= 0.6 is 0 Å². The van der Waals surface area contributed by atoms with Crippen molar-refractivity contribution in [3.8, 4) is 11.5 Å². The highest BCUT2D eigenvalue weighted by molar-refractivity contribution is 5.39. The molecular weight excluding hydrogens is 180 g/mol. The SMILES string of the molecule is COc1cc(OC)cc(C2CCO2)c1. The third-order valence-corrected chi connectivity index (χ3v) is 2.44. The standard InChI is InChI=1S/C11H14O3/c1-12-9-5-8(11-3-4-14-11)6-10(7-9)13-2/h5-7,11H,3-4H2,1-2H3. The van der Waals surface area contributed by atoms with Crippen molar-refractivity contribution in [1.82, 2.24) is 0 Å². The summed E-state index contributed by atoms with van der Waals surface area (Å²) in [5.74, 6) is 1.63. The first-order chi connectivity index (χ1) is 6.83. The van der Waals surface area contributed by atoms with Crippen LogP contribution < -0.4 is 9.47 Å². The van der Waals surface area contributed by atoms with E-state index in [-0.39, 0.29) is 6.10 Å². The topological polar surface area (TPSA) is 27.7 Å². The fourth-order valence-corrected chi connectivity index (χ4v) is 1.51. The molecule has 1 fully saturated rings. The van der Waals surface area contributed by atoms with Gasteiger partial charge < -0.3 is 14.2 Å². The average Bonchev–Trinajstić information content (AvgIpc) is 2.14. The fraction of sp³-hybridized carbons (Fsp3) is 0.455. The predicted molar refractivity (Wildman–Crippen MR) is 52.9 cm³/mol. The van der Waals surface area contributed by atoms with Crippen LogP contribution in [-0.2, 0) is 4.74 Å². The van der Waals surface area contributed by atoms with Gasteiger partial charge in [0.2, 0.25) is 0 Å². The van der Waals surface area contributed by atoms with E-state index in [9.17, 15) is 0 Å². The van der Waals surface area contributed by atoms with Gasteiger partial charge in [-0.05, 0) is 17.7 Å². The van der Waals surface area contributed by atoms with E-state index in [0.717, 1.165) is 30.1 Å². The van der Waals surface area contributed by atoms with Gasteiger partial charge in [-0.25, -0.2) is 0 Å². The van der Waals surface area contributed by atoms with Crippen molar-refractivity contribution < 1.29 is 14.2 Å². The fourth-order valence-electron chi connectivity index (χ4n) is 1.51. The molecule has 1 aromatic carbocycles. The molecule has 3 nitrogen and oxygen atoms in total. The Balaban J connectivity index is 2.28. The van der Waals surface area contributed by atoms with E-state index in [2.05, 4.69) is 0 Å². The number of benzene rings is 1. The second kappa shape index (κ2) is 3.88. The van der Waals surface area contributed by atoms with Gasteiger partial charge in [0.05, 0.1) is 26.9 Å². The minimum atomic E-state index is 0.221. The summed E-state index contributed by atoms with van der Waals surface area (Å²) < 4.78 is 15.8. The summed E-state index contributed by atoms with van der Waals surface area (Å²) in [7, 11) is 3.31. The average molecular weight is 194 g/mol. The van der Waals surface area contributed by atoms with Crippen LogP contribution in [0, 0.1) is 0 Å². The normalized spacial score (nSPS) is 20.0. The summed E-state index contributed by atoms with van der Waals surface area (Å²) in [6, 6.07) is 5.85. The van der Waals surface area contributed by atoms with Crippen molar-refractivity contribution >= 4 is 0 Å². The van der Waals surface area contributed by atoms with Crippen LogP contribution in [0.5, 0.6) is 11.5 Å². The van der Waals surface area contributed by atoms with Crippen LogP contribution in [-0.4, -0.2) is 20.8 Å². The summed E-state index contributed by atoms with van der Waals surface area (Å²) in [5.41, 5.74) is 1.13. The molecule has 76 valence electrons. The maximum absolute atomic E-state index is 5.40. The van der Waals surface area contributed by atoms with Crippen LogP contribution in [0.1, 0.15) is 18.1 Å². The molecule has 14 heavy (non-hydrogen) atoms. The minimum absolute atomic E-state index is 0.221. The molecule has 0 amide bonds. The Kier molecular flexibility index (Phi) is 2.59. The van der Waals surface area contributed by atoms with Crippen LogP contribution in [0.25, 0.3) is 0 Å². The van der Waals surface area contributed by atoms with Gasteiger partial charge in [-0.3, -0.25) is 0 Å². The van der Waals surface area contributed by atoms with E-state index in [4.69, 9.17) is 14.2 Å². The van der Waals surface area contributed by atoms with Crippen molar-refractivity contribution in [2.45, 2.75) is 12.5 Å². The molecule has 1 unspecified atom stereocenters. The lowest BCUT2D eigenvalue weighted by Gasteiger charge is -2.27. The first-order valence-electron chi connectivity index (χ1n) is 4.68.